The van der Waals surface area contributed by atoms with E-state index in [0.717, 1.165) is 11.1 Å². The largest absolute Gasteiger partial charge is 0.411 e. The van der Waals surface area contributed by atoms with Crippen LogP contribution >= 0.6 is 0 Å². The number of benzene rings is 2. The van der Waals surface area contributed by atoms with Gasteiger partial charge in [-0.3, -0.25) is 0 Å². The van der Waals surface area contributed by atoms with Gasteiger partial charge in [-0.1, -0.05) is 29.4 Å². The van der Waals surface area contributed by atoms with Gasteiger partial charge < -0.3 is 16.7 Å². The van der Waals surface area contributed by atoms with Crippen molar-refractivity contribution in [3.05, 3.63) is 59.7 Å². The third-order valence-electron chi connectivity index (χ3n) is 2.72. The van der Waals surface area contributed by atoms with E-state index in [-0.39, 0.29) is 0 Å². The number of nitrogens with two attached hydrogens (primary N) is 2. The summed E-state index contributed by atoms with van der Waals surface area (Å²) in [5, 5.41) is 12.4. The van der Waals surface area contributed by atoms with Crippen LogP contribution in [0.1, 0.15) is 11.1 Å². The van der Waals surface area contributed by atoms with Crippen molar-refractivity contribution in [2.45, 2.75) is 6.42 Å². The van der Waals surface area contributed by atoms with E-state index in [2.05, 4.69) is 5.16 Å². The zero-order valence-corrected chi connectivity index (χ0v) is 9.88. The van der Waals surface area contributed by atoms with Crippen LogP contribution in [-0.4, -0.2) is 10.9 Å². The number of rotatable bonds is 3. The van der Waals surface area contributed by atoms with Crippen molar-refractivity contribution >= 4 is 17.1 Å². The third-order valence-corrected chi connectivity index (χ3v) is 2.72. The van der Waals surface area contributed by atoms with E-state index >= 15 is 0 Å². The summed E-state index contributed by atoms with van der Waals surface area (Å²) in [5.74, 6) is 0. The minimum atomic E-state index is 0.542. The smallest absolute Gasteiger partial charge is 0.0911 e. The number of nitrogens with zero attached hydrogens (tertiary/aromatic N) is 1. The fraction of sp³-hybridized carbons (Fsp3) is 0.0714. The standard InChI is InChI=1S/C14H15N3O/c15-12-5-1-10(2-6-12)9-14(17-18)11-3-7-13(16)8-4-11/h1-8,18H,9,15-16H2/b17-14+. The lowest BCUT2D eigenvalue weighted by Crippen LogP contribution is -2.05. The predicted octanol–water partition coefficient (Wildman–Crippen LogP) is 2.27. The van der Waals surface area contributed by atoms with E-state index in [1.165, 1.54) is 0 Å². The highest BCUT2D eigenvalue weighted by Crippen LogP contribution is 2.12. The minimum Gasteiger partial charge on any atom is -0.411 e. The van der Waals surface area contributed by atoms with Crippen LogP contribution in [0.4, 0.5) is 11.4 Å². The Balaban J connectivity index is 2.20. The molecule has 0 atom stereocenters. The fourth-order valence-corrected chi connectivity index (χ4v) is 1.70. The van der Waals surface area contributed by atoms with Gasteiger partial charge in [0.05, 0.1) is 5.71 Å². The summed E-state index contributed by atoms with van der Waals surface area (Å²) in [6, 6.07) is 14.7. The second kappa shape index (κ2) is 5.23. The normalized spacial score (nSPS) is 11.4. The van der Waals surface area contributed by atoms with Crippen molar-refractivity contribution in [1.29, 1.82) is 0 Å². The van der Waals surface area contributed by atoms with E-state index in [4.69, 9.17) is 16.7 Å². The van der Waals surface area contributed by atoms with Crippen molar-refractivity contribution in [3.8, 4) is 0 Å². The highest BCUT2D eigenvalue weighted by Gasteiger charge is 2.05. The lowest BCUT2D eigenvalue weighted by Gasteiger charge is -2.06. The molecule has 0 aromatic heterocycles. The van der Waals surface area contributed by atoms with Crippen LogP contribution in [0, 0.1) is 0 Å². The maximum atomic E-state index is 9.10. The van der Waals surface area contributed by atoms with Crippen LogP contribution in [0.5, 0.6) is 0 Å². The molecule has 4 nitrogen and oxygen atoms in total. The van der Waals surface area contributed by atoms with Crippen molar-refractivity contribution < 1.29 is 5.21 Å². The quantitative estimate of drug-likeness (QED) is 0.333. The van der Waals surface area contributed by atoms with E-state index in [1.807, 2.05) is 36.4 Å². The molecule has 5 N–H and O–H groups in total. The molecular weight excluding hydrogens is 226 g/mol. The summed E-state index contributed by atoms with van der Waals surface area (Å²) >= 11 is 0. The van der Waals surface area contributed by atoms with Crippen LogP contribution in [0.25, 0.3) is 0 Å². The van der Waals surface area contributed by atoms with E-state index in [1.54, 1.807) is 12.1 Å². The van der Waals surface area contributed by atoms with Crippen LogP contribution < -0.4 is 11.5 Å². The average Bonchev–Trinajstić information content (AvgIpc) is 2.39. The Bertz CT molecular complexity index is 544. The van der Waals surface area contributed by atoms with Gasteiger partial charge >= 0.3 is 0 Å². The number of nitrogen functional groups attached to an aromatic ring is 2. The SMILES string of the molecule is Nc1ccc(C/C(=N\O)c2ccc(N)cc2)cc1. The summed E-state index contributed by atoms with van der Waals surface area (Å²) in [5.41, 5.74) is 15.1. The molecule has 0 aliphatic rings. The van der Waals surface area contributed by atoms with Gasteiger partial charge in [0.15, 0.2) is 0 Å². The number of anilines is 2. The highest BCUT2D eigenvalue weighted by atomic mass is 16.4. The molecule has 0 aliphatic heterocycles. The van der Waals surface area contributed by atoms with Gasteiger partial charge in [-0.2, -0.15) is 0 Å². The third kappa shape index (κ3) is 2.79. The van der Waals surface area contributed by atoms with Crippen molar-refractivity contribution in [2.75, 3.05) is 11.5 Å². The molecule has 0 amide bonds. The van der Waals surface area contributed by atoms with Gasteiger partial charge in [0, 0.05) is 17.8 Å². The van der Waals surface area contributed by atoms with Gasteiger partial charge in [-0.25, -0.2) is 0 Å². The van der Waals surface area contributed by atoms with Gasteiger partial charge in [0.2, 0.25) is 0 Å². The molecule has 0 spiro atoms. The molecule has 0 saturated carbocycles. The maximum absolute atomic E-state index is 9.10. The second-order valence-electron chi connectivity index (χ2n) is 4.09. The van der Waals surface area contributed by atoms with E-state index < -0.39 is 0 Å². The molecule has 0 bridgehead atoms. The predicted molar refractivity (Wildman–Crippen MR) is 73.7 cm³/mol. The molecule has 0 heterocycles. The zero-order valence-electron chi connectivity index (χ0n) is 9.88. The first-order valence-corrected chi connectivity index (χ1v) is 5.60. The molecule has 0 fully saturated rings. The topological polar surface area (TPSA) is 84.6 Å². The van der Waals surface area contributed by atoms with Crippen molar-refractivity contribution in [3.63, 3.8) is 0 Å². The molecule has 18 heavy (non-hydrogen) atoms. The van der Waals surface area contributed by atoms with E-state index in [0.29, 0.717) is 23.5 Å². The molecule has 0 unspecified atom stereocenters. The molecule has 0 aliphatic carbocycles. The first-order valence-electron chi connectivity index (χ1n) is 5.60. The van der Waals surface area contributed by atoms with Crippen LogP contribution in [0.15, 0.2) is 53.7 Å². The molecule has 4 heteroatoms. The van der Waals surface area contributed by atoms with Crippen molar-refractivity contribution in [1.82, 2.24) is 0 Å². The Labute approximate surface area is 106 Å². The lowest BCUT2D eigenvalue weighted by atomic mass is 10.0. The lowest BCUT2D eigenvalue weighted by molar-refractivity contribution is 0.318. The van der Waals surface area contributed by atoms with Gasteiger partial charge in [0.25, 0.3) is 0 Å². The minimum absolute atomic E-state index is 0.542. The number of hydrogen-bond donors (Lipinski definition) is 3. The van der Waals surface area contributed by atoms with Crippen LogP contribution in [-0.2, 0) is 6.42 Å². The first-order chi connectivity index (χ1) is 8.69. The molecule has 2 aromatic carbocycles. The Hall–Kier alpha value is -2.49. The highest BCUT2D eigenvalue weighted by molar-refractivity contribution is 6.01. The van der Waals surface area contributed by atoms with E-state index in [9.17, 15) is 0 Å². The Morgan fingerprint density at radius 3 is 1.89 bits per heavy atom. The molecule has 0 saturated heterocycles. The number of hydrogen-bond acceptors (Lipinski definition) is 4. The van der Waals surface area contributed by atoms with Crippen LogP contribution in [0.2, 0.25) is 0 Å². The van der Waals surface area contributed by atoms with Gasteiger partial charge in [0.1, 0.15) is 0 Å². The maximum Gasteiger partial charge on any atom is 0.0911 e. The van der Waals surface area contributed by atoms with Crippen molar-refractivity contribution in [2.24, 2.45) is 5.16 Å². The summed E-state index contributed by atoms with van der Waals surface area (Å²) in [6.45, 7) is 0. The Kier molecular flexibility index (Phi) is 3.48. The van der Waals surface area contributed by atoms with Gasteiger partial charge in [-0.15, -0.1) is 0 Å². The molecule has 2 rings (SSSR count). The summed E-state index contributed by atoms with van der Waals surface area (Å²) in [6.07, 6.45) is 0.542. The molecule has 2 aromatic rings. The molecule has 92 valence electrons. The first kappa shape index (κ1) is 12.0. The molecule has 0 radical (unpaired) electrons. The summed E-state index contributed by atoms with van der Waals surface area (Å²) in [7, 11) is 0. The zero-order chi connectivity index (χ0) is 13.0. The van der Waals surface area contributed by atoms with Gasteiger partial charge in [-0.05, 0) is 35.4 Å². The second-order valence-corrected chi connectivity index (χ2v) is 4.09. The Morgan fingerprint density at radius 2 is 1.39 bits per heavy atom. The monoisotopic (exact) mass is 241 g/mol. The number of oxime groups is 1. The molecular formula is C14H15N3O. The fourth-order valence-electron chi connectivity index (χ4n) is 1.70. The summed E-state index contributed by atoms with van der Waals surface area (Å²) < 4.78 is 0. The van der Waals surface area contributed by atoms with Crippen LogP contribution in [0.3, 0.4) is 0 Å². The summed E-state index contributed by atoms with van der Waals surface area (Å²) in [4.78, 5) is 0. The Morgan fingerprint density at radius 1 is 0.889 bits per heavy atom. The average molecular weight is 241 g/mol.